The predicted molar refractivity (Wildman–Crippen MR) is 257 cm³/mol. The summed E-state index contributed by atoms with van der Waals surface area (Å²) in [6.45, 7) is 13.2. The molecule has 3 aromatic carbocycles. The molecule has 3 aliphatic heterocycles. The average Bonchev–Trinajstić information content (AvgIpc) is 3.75. The first kappa shape index (κ1) is 46.5. The van der Waals surface area contributed by atoms with E-state index in [4.69, 9.17) is 21.1 Å². The number of hydrogen-bond acceptors (Lipinski definition) is 12. The molecule has 3 fully saturated rings. The lowest BCUT2D eigenvalue weighted by Crippen LogP contribution is -2.52. The van der Waals surface area contributed by atoms with Gasteiger partial charge in [0.2, 0.25) is 0 Å². The van der Waals surface area contributed by atoms with Gasteiger partial charge in [-0.1, -0.05) is 43.2 Å². The number of piperazine rings is 1. The van der Waals surface area contributed by atoms with Crippen molar-refractivity contribution in [3.8, 4) is 11.5 Å². The van der Waals surface area contributed by atoms with Crippen LogP contribution >= 0.6 is 11.6 Å². The summed E-state index contributed by atoms with van der Waals surface area (Å²) in [6.07, 6.45) is 8.00. The Kier molecular flexibility index (Phi) is 13.3. The third-order valence-electron chi connectivity index (χ3n) is 13.8. The minimum absolute atomic E-state index is 0.0584. The molecule has 0 radical (unpaired) electrons. The molecule has 0 saturated carbocycles. The second-order valence-corrected chi connectivity index (χ2v) is 21.2. The summed E-state index contributed by atoms with van der Waals surface area (Å²) < 4.78 is 57.0. The van der Waals surface area contributed by atoms with E-state index in [0.29, 0.717) is 54.8 Å². The first-order valence-corrected chi connectivity index (χ1v) is 24.8. The molecule has 1 atom stereocenters. The summed E-state index contributed by atoms with van der Waals surface area (Å²) in [5.41, 5.74) is 4.36. The van der Waals surface area contributed by atoms with E-state index >= 15 is 4.39 Å². The zero-order valence-electron chi connectivity index (χ0n) is 37.9. The van der Waals surface area contributed by atoms with Crippen molar-refractivity contribution in [1.29, 1.82) is 0 Å². The van der Waals surface area contributed by atoms with Crippen LogP contribution in [-0.2, 0) is 14.8 Å². The van der Waals surface area contributed by atoms with Crippen LogP contribution in [0.1, 0.15) is 68.8 Å². The molecule has 3 saturated heterocycles. The monoisotopic (exact) mass is 954 g/mol. The molecule has 0 spiro atoms. The number of allylic oxidation sites excluding steroid dienone is 1. The Bertz CT molecular complexity index is 2810. The highest BCUT2D eigenvalue weighted by Crippen LogP contribution is 2.44. The molecule has 5 aromatic rings. The van der Waals surface area contributed by atoms with Gasteiger partial charge < -0.3 is 24.7 Å². The molecule has 354 valence electrons. The van der Waals surface area contributed by atoms with E-state index in [1.807, 2.05) is 22.9 Å². The molecule has 4 aliphatic rings. The number of nitro benzene ring substituents is 1. The van der Waals surface area contributed by atoms with E-state index < -0.39 is 42.9 Å². The number of carbonyl (C=O) groups excluding carboxylic acids is 1. The Morgan fingerprint density at radius 3 is 2.55 bits per heavy atom. The number of ether oxygens (including phenoxy) is 2. The van der Waals surface area contributed by atoms with Crippen LogP contribution in [0.25, 0.3) is 16.6 Å². The van der Waals surface area contributed by atoms with Crippen LogP contribution in [0.4, 0.5) is 21.5 Å². The minimum atomic E-state index is -4.83. The fourth-order valence-corrected chi connectivity index (χ4v) is 10.9. The zero-order valence-corrected chi connectivity index (χ0v) is 39.5. The highest BCUT2D eigenvalue weighted by molar-refractivity contribution is 7.90. The molecule has 1 aliphatic carbocycles. The highest BCUT2D eigenvalue weighted by atomic mass is 35.5. The molecular formula is C49H56ClFN8O7S. The fourth-order valence-electron chi connectivity index (χ4n) is 9.74. The Labute approximate surface area is 394 Å². The lowest BCUT2D eigenvalue weighted by molar-refractivity contribution is -0.384. The average molecular weight is 956 g/mol. The van der Waals surface area contributed by atoms with Gasteiger partial charge in [0.1, 0.15) is 22.8 Å². The lowest BCUT2D eigenvalue weighted by Gasteiger charge is -2.43. The van der Waals surface area contributed by atoms with Crippen LogP contribution in [0.15, 0.2) is 89.6 Å². The van der Waals surface area contributed by atoms with Gasteiger partial charge in [0.05, 0.1) is 40.8 Å². The molecule has 1 unspecified atom stereocenters. The van der Waals surface area contributed by atoms with E-state index in [0.717, 1.165) is 75.4 Å². The van der Waals surface area contributed by atoms with Crippen LogP contribution in [0, 0.1) is 27.3 Å². The van der Waals surface area contributed by atoms with E-state index in [2.05, 4.69) is 62.9 Å². The Balaban J connectivity index is 0.926. The Morgan fingerprint density at radius 2 is 1.84 bits per heavy atom. The topological polar surface area (TPSA) is 175 Å². The van der Waals surface area contributed by atoms with Crippen molar-refractivity contribution < 1.29 is 32.0 Å². The summed E-state index contributed by atoms with van der Waals surface area (Å²) in [4.78, 5) is 39.2. The number of nitrogens with zero attached hydrogens (tertiary/aromatic N) is 5. The third-order valence-corrected chi connectivity index (χ3v) is 15.4. The first-order chi connectivity index (χ1) is 32.1. The summed E-state index contributed by atoms with van der Waals surface area (Å²) >= 11 is 6.26. The largest absolute Gasteiger partial charge is 0.455 e. The number of fused-ring (bicyclic) bond motifs is 1. The van der Waals surface area contributed by atoms with Crippen molar-refractivity contribution in [1.82, 2.24) is 24.5 Å². The summed E-state index contributed by atoms with van der Waals surface area (Å²) in [5.74, 6) is -1.69. The first-order valence-electron chi connectivity index (χ1n) is 22.9. The van der Waals surface area contributed by atoms with Gasteiger partial charge in [0.15, 0.2) is 5.82 Å². The smallest absolute Gasteiger partial charge is 0.296 e. The number of carbonyl (C=O) groups is 1. The SMILES string of the molecule is CC1CN(c2ccc(C(=O)NS(=O)(=O)c3cc(F)c(NCC4CCN(C5COC5)CC4)c([N+](=O)[O-])c3)c(Oc3cnc4[nH]ccc4c3)c2)CCN1CC1=C(c2ccc(Cl)cc2)CC(C)(C)CC1. The Morgan fingerprint density at radius 1 is 1.06 bits per heavy atom. The van der Waals surface area contributed by atoms with Gasteiger partial charge in [-0.3, -0.25) is 24.7 Å². The van der Waals surface area contributed by atoms with E-state index in [1.165, 1.54) is 29.0 Å². The number of anilines is 2. The van der Waals surface area contributed by atoms with E-state index in [9.17, 15) is 23.3 Å². The number of sulfonamides is 1. The van der Waals surface area contributed by atoms with Gasteiger partial charge >= 0.3 is 0 Å². The molecule has 67 heavy (non-hydrogen) atoms. The van der Waals surface area contributed by atoms with Crippen LogP contribution in [0.5, 0.6) is 11.5 Å². The number of halogens is 2. The number of aromatic nitrogens is 2. The Hall–Kier alpha value is -5.59. The molecule has 15 nitrogen and oxygen atoms in total. The summed E-state index contributed by atoms with van der Waals surface area (Å²) in [7, 11) is -4.83. The van der Waals surface area contributed by atoms with E-state index in [1.54, 1.807) is 24.4 Å². The molecule has 18 heteroatoms. The van der Waals surface area contributed by atoms with Crippen LogP contribution in [0.3, 0.4) is 0 Å². The molecule has 2 aromatic heterocycles. The van der Waals surface area contributed by atoms with Gasteiger partial charge in [-0.15, -0.1) is 0 Å². The number of pyridine rings is 1. The van der Waals surface area contributed by atoms with Gasteiger partial charge in [-0.05, 0) is 117 Å². The second-order valence-electron chi connectivity index (χ2n) is 19.1. The maximum absolute atomic E-state index is 15.7. The van der Waals surface area contributed by atoms with Crippen molar-refractivity contribution in [2.45, 2.75) is 69.9 Å². The summed E-state index contributed by atoms with van der Waals surface area (Å²) in [5, 5.41) is 16.6. The molecule has 5 heterocycles. The van der Waals surface area contributed by atoms with Crippen LogP contribution in [-0.4, -0.2) is 110 Å². The van der Waals surface area contributed by atoms with Crippen molar-refractivity contribution in [2.24, 2.45) is 11.3 Å². The fraction of sp³-hybridized carbons (Fsp3) is 0.429. The quantitative estimate of drug-likeness (QED) is 0.0714. The van der Waals surface area contributed by atoms with Gasteiger partial charge in [-0.25, -0.2) is 22.5 Å². The molecular weight excluding hydrogens is 899 g/mol. The number of aromatic amines is 1. The number of amides is 1. The maximum Gasteiger partial charge on any atom is 0.296 e. The number of nitrogens with one attached hydrogen (secondary N) is 3. The zero-order chi connectivity index (χ0) is 47.0. The molecule has 9 rings (SSSR count). The number of benzene rings is 3. The number of likely N-dealkylation sites (tertiary alicyclic amines) is 1. The molecule has 0 bridgehead atoms. The van der Waals surface area contributed by atoms with Gasteiger partial charge in [-0.2, -0.15) is 0 Å². The van der Waals surface area contributed by atoms with Gasteiger partial charge in [0.25, 0.3) is 21.6 Å². The normalized spacial score (nSPS) is 19.9. The van der Waals surface area contributed by atoms with Crippen molar-refractivity contribution >= 4 is 61.2 Å². The van der Waals surface area contributed by atoms with Crippen LogP contribution in [0.2, 0.25) is 5.02 Å². The van der Waals surface area contributed by atoms with Crippen molar-refractivity contribution in [3.05, 3.63) is 117 Å². The number of hydrogen-bond donors (Lipinski definition) is 3. The highest BCUT2D eigenvalue weighted by Gasteiger charge is 2.34. The number of piperidine rings is 1. The molecule has 3 N–H and O–H groups in total. The van der Waals surface area contributed by atoms with Crippen LogP contribution < -0.4 is 19.7 Å². The summed E-state index contributed by atoms with van der Waals surface area (Å²) in [6, 6.07) is 18.7. The maximum atomic E-state index is 15.7. The second kappa shape index (κ2) is 19.2. The van der Waals surface area contributed by atoms with Crippen molar-refractivity contribution in [3.63, 3.8) is 0 Å². The lowest BCUT2D eigenvalue weighted by atomic mass is 9.72. The minimum Gasteiger partial charge on any atom is -0.455 e. The van der Waals surface area contributed by atoms with Crippen molar-refractivity contribution in [2.75, 3.05) is 69.2 Å². The van der Waals surface area contributed by atoms with E-state index in [-0.39, 0.29) is 35.2 Å². The standard InChI is InChI=1S/C49H56ClFN8O7S/c1-31-27-58(19-18-57(31)28-35-10-14-49(2,3)24-42(35)33-4-6-36(50)7-5-33)37-8-9-41(45(21-37)66-39-20-34-11-15-52-47(34)54-26-39)48(60)55-67(63,64)40-22-43(51)46(44(23-40)59(61)62)53-25-32-12-16-56(17-13-32)38-29-65-30-38/h4-9,11,15,20-23,26,31-32,38,53H,10,12-14,16-19,24-25,27-30H2,1-3H3,(H,52,54)(H,55,60). The number of H-pyrrole nitrogens is 1. The number of nitro groups is 1. The van der Waals surface area contributed by atoms with Gasteiger partial charge in [0, 0.05) is 73.2 Å². The number of rotatable bonds is 14. The third kappa shape index (κ3) is 10.5. The predicted octanol–water partition coefficient (Wildman–Crippen LogP) is 8.87. The molecule has 1 amide bonds.